The number of carbonyl (C=O) groups excluding carboxylic acids is 1. The summed E-state index contributed by atoms with van der Waals surface area (Å²) in [5.41, 5.74) is 0.512. The molecule has 20 heavy (non-hydrogen) atoms. The molecular weight excluding hydrogens is 286 g/mol. The van der Waals surface area contributed by atoms with Crippen molar-refractivity contribution in [3.63, 3.8) is 0 Å². The van der Waals surface area contributed by atoms with Crippen molar-refractivity contribution >= 4 is 29.2 Å². The molecule has 1 atom stereocenters. The normalized spacial score (nSPS) is 17.8. The van der Waals surface area contributed by atoms with Gasteiger partial charge in [0.2, 0.25) is 0 Å². The molecule has 2 rings (SSSR count). The lowest BCUT2D eigenvalue weighted by Crippen LogP contribution is -2.26. The molecule has 0 radical (unpaired) electrons. The zero-order valence-electron chi connectivity index (χ0n) is 10.6. The Kier molecular flexibility index (Phi) is 4.81. The zero-order chi connectivity index (χ0) is 14.5. The number of hydrogen-bond acceptors (Lipinski definition) is 4. The summed E-state index contributed by atoms with van der Waals surface area (Å²) in [6, 6.07) is 4.61. The fourth-order valence-corrected chi connectivity index (χ4v) is 2.08. The van der Waals surface area contributed by atoms with E-state index in [1.165, 1.54) is 12.1 Å². The van der Waals surface area contributed by atoms with Crippen LogP contribution in [-0.4, -0.2) is 36.3 Å². The Hall–Kier alpha value is -1.79. The Morgan fingerprint density at radius 1 is 1.50 bits per heavy atom. The first-order valence-corrected chi connectivity index (χ1v) is 6.50. The smallest absolute Gasteiger partial charge is 0.341 e. The molecule has 0 spiro atoms. The fraction of sp³-hybridized carbons (Fsp3) is 0.385. The summed E-state index contributed by atoms with van der Waals surface area (Å²) >= 11 is 5.96. The first-order chi connectivity index (χ1) is 9.56. The second-order valence-electron chi connectivity index (χ2n) is 4.32. The second kappa shape index (κ2) is 6.58. The number of halogens is 1. The number of carboxylic acid groups (broad SMARTS) is 1. The van der Waals surface area contributed by atoms with Gasteiger partial charge in [0.25, 0.3) is 5.91 Å². The maximum absolute atomic E-state index is 11.8. The van der Waals surface area contributed by atoms with Gasteiger partial charge in [-0.15, -0.1) is 0 Å². The monoisotopic (exact) mass is 299 g/mol. The standard InChI is InChI=1S/C13H14ClNO5/c14-9-6-8(3-4-10(9)20-7-12(16)17)15-13(18)11-2-1-5-19-11/h3-4,6,11H,1-2,5,7H2,(H,15,18)(H,16,17). The van der Waals surface area contributed by atoms with E-state index in [0.717, 1.165) is 6.42 Å². The van der Waals surface area contributed by atoms with Crippen molar-refractivity contribution in [3.05, 3.63) is 23.2 Å². The molecule has 1 heterocycles. The third kappa shape index (κ3) is 3.85. The molecule has 1 saturated heterocycles. The summed E-state index contributed by atoms with van der Waals surface area (Å²) in [5, 5.41) is 11.5. The molecule has 6 nitrogen and oxygen atoms in total. The van der Waals surface area contributed by atoms with Gasteiger partial charge < -0.3 is 19.9 Å². The van der Waals surface area contributed by atoms with Crippen molar-refractivity contribution in [3.8, 4) is 5.75 Å². The number of benzene rings is 1. The predicted octanol–water partition coefficient (Wildman–Crippen LogP) is 1.92. The first kappa shape index (κ1) is 14.6. The van der Waals surface area contributed by atoms with E-state index in [1.807, 2.05) is 0 Å². The molecule has 1 aliphatic rings. The van der Waals surface area contributed by atoms with Gasteiger partial charge in [0, 0.05) is 12.3 Å². The Morgan fingerprint density at radius 2 is 2.30 bits per heavy atom. The van der Waals surface area contributed by atoms with Gasteiger partial charge in [0.15, 0.2) is 6.61 Å². The number of aliphatic carboxylic acids is 1. The van der Waals surface area contributed by atoms with Crippen LogP contribution in [0.1, 0.15) is 12.8 Å². The Labute approximate surface area is 120 Å². The van der Waals surface area contributed by atoms with Crippen LogP contribution in [0.3, 0.4) is 0 Å². The van der Waals surface area contributed by atoms with Gasteiger partial charge in [-0.1, -0.05) is 11.6 Å². The highest BCUT2D eigenvalue weighted by molar-refractivity contribution is 6.32. The zero-order valence-corrected chi connectivity index (χ0v) is 11.4. The summed E-state index contributed by atoms with van der Waals surface area (Å²) < 4.78 is 10.3. The van der Waals surface area contributed by atoms with Gasteiger partial charge in [0.1, 0.15) is 11.9 Å². The molecular formula is C13H14ClNO5. The number of amides is 1. The molecule has 7 heteroatoms. The third-order valence-electron chi connectivity index (χ3n) is 2.77. The Bertz CT molecular complexity index is 513. The second-order valence-corrected chi connectivity index (χ2v) is 4.73. The van der Waals surface area contributed by atoms with Crippen molar-refractivity contribution in [1.82, 2.24) is 0 Å². The molecule has 108 valence electrons. The summed E-state index contributed by atoms with van der Waals surface area (Å²) in [7, 11) is 0. The third-order valence-corrected chi connectivity index (χ3v) is 3.07. The van der Waals surface area contributed by atoms with Crippen LogP contribution >= 0.6 is 11.6 Å². The van der Waals surface area contributed by atoms with E-state index >= 15 is 0 Å². The molecule has 0 bridgehead atoms. The molecule has 0 aliphatic carbocycles. The van der Waals surface area contributed by atoms with Gasteiger partial charge in [-0.25, -0.2) is 4.79 Å². The van der Waals surface area contributed by atoms with Crippen LogP contribution in [-0.2, 0) is 14.3 Å². The van der Waals surface area contributed by atoms with Crippen molar-refractivity contribution in [2.75, 3.05) is 18.5 Å². The highest BCUT2D eigenvalue weighted by Crippen LogP contribution is 2.28. The van der Waals surface area contributed by atoms with Crippen LogP contribution < -0.4 is 10.1 Å². The van der Waals surface area contributed by atoms with Gasteiger partial charge in [-0.2, -0.15) is 0 Å². The Balaban J connectivity index is 1.97. The van der Waals surface area contributed by atoms with Crippen molar-refractivity contribution < 1.29 is 24.2 Å². The summed E-state index contributed by atoms with van der Waals surface area (Å²) in [6.45, 7) is 0.127. The van der Waals surface area contributed by atoms with E-state index in [0.29, 0.717) is 18.7 Å². The van der Waals surface area contributed by atoms with Crippen LogP contribution in [0.5, 0.6) is 5.75 Å². The summed E-state index contributed by atoms with van der Waals surface area (Å²) in [4.78, 5) is 22.2. The SMILES string of the molecule is O=C(O)COc1ccc(NC(=O)C2CCCO2)cc1Cl. The van der Waals surface area contributed by atoms with Gasteiger partial charge in [-0.3, -0.25) is 4.79 Å². The number of hydrogen-bond donors (Lipinski definition) is 2. The van der Waals surface area contributed by atoms with Crippen LogP contribution in [0.2, 0.25) is 5.02 Å². The lowest BCUT2D eigenvalue weighted by atomic mass is 10.2. The molecule has 1 aromatic carbocycles. The van der Waals surface area contributed by atoms with E-state index in [2.05, 4.69) is 5.32 Å². The number of anilines is 1. The molecule has 1 aromatic rings. The minimum atomic E-state index is -1.09. The summed E-state index contributed by atoms with van der Waals surface area (Å²) in [5.74, 6) is -1.04. The van der Waals surface area contributed by atoms with Crippen LogP contribution in [0.4, 0.5) is 5.69 Å². The van der Waals surface area contributed by atoms with E-state index < -0.39 is 18.7 Å². The molecule has 0 saturated carbocycles. The van der Waals surface area contributed by atoms with Crippen LogP contribution in [0, 0.1) is 0 Å². The molecule has 2 N–H and O–H groups in total. The molecule has 1 fully saturated rings. The maximum Gasteiger partial charge on any atom is 0.341 e. The molecule has 0 aromatic heterocycles. The van der Waals surface area contributed by atoms with Gasteiger partial charge in [-0.05, 0) is 31.0 Å². The number of rotatable bonds is 5. The van der Waals surface area contributed by atoms with E-state index in [4.69, 9.17) is 26.2 Å². The van der Waals surface area contributed by atoms with Crippen molar-refractivity contribution in [2.24, 2.45) is 0 Å². The topological polar surface area (TPSA) is 84.9 Å². The molecule has 1 aliphatic heterocycles. The highest BCUT2D eigenvalue weighted by atomic mass is 35.5. The van der Waals surface area contributed by atoms with Gasteiger partial charge in [0.05, 0.1) is 5.02 Å². The van der Waals surface area contributed by atoms with Gasteiger partial charge >= 0.3 is 5.97 Å². The minimum absolute atomic E-state index is 0.210. The lowest BCUT2D eigenvalue weighted by Gasteiger charge is -2.12. The first-order valence-electron chi connectivity index (χ1n) is 6.13. The number of carbonyl (C=O) groups is 2. The molecule has 1 amide bonds. The quantitative estimate of drug-likeness (QED) is 0.867. The number of carboxylic acids is 1. The largest absolute Gasteiger partial charge is 0.480 e. The summed E-state index contributed by atoms with van der Waals surface area (Å²) in [6.07, 6.45) is 1.16. The van der Waals surface area contributed by atoms with E-state index in [-0.39, 0.29) is 16.7 Å². The van der Waals surface area contributed by atoms with E-state index in [1.54, 1.807) is 6.07 Å². The lowest BCUT2D eigenvalue weighted by molar-refractivity contribution is -0.139. The van der Waals surface area contributed by atoms with Crippen molar-refractivity contribution in [1.29, 1.82) is 0 Å². The van der Waals surface area contributed by atoms with E-state index in [9.17, 15) is 9.59 Å². The average Bonchev–Trinajstić information content (AvgIpc) is 2.91. The fourth-order valence-electron chi connectivity index (χ4n) is 1.84. The maximum atomic E-state index is 11.8. The average molecular weight is 300 g/mol. The minimum Gasteiger partial charge on any atom is -0.480 e. The number of ether oxygens (including phenoxy) is 2. The molecule has 1 unspecified atom stereocenters. The van der Waals surface area contributed by atoms with Crippen molar-refractivity contribution in [2.45, 2.75) is 18.9 Å². The predicted molar refractivity (Wildman–Crippen MR) is 72.2 cm³/mol. The Morgan fingerprint density at radius 3 is 2.90 bits per heavy atom. The highest BCUT2D eigenvalue weighted by Gasteiger charge is 2.23. The van der Waals surface area contributed by atoms with Crippen LogP contribution in [0.15, 0.2) is 18.2 Å². The van der Waals surface area contributed by atoms with Crippen LogP contribution in [0.25, 0.3) is 0 Å². The number of nitrogens with one attached hydrogen (secondary N) is 1.